The number of aromatic nitrogens is 2. The van der Waals surface area contributed by atoms with Crippen LogP contribution in [0.25, 0.3) is 37.8 Å². The van der Waals surface area contributed by atoms with Gasteiger partial charge in [-0.2, -0.15) is 0 Å². The lowest BCUT2D eigenvalue weighted by molar-refractivity contribution is -0.126. The van der Waals surface area contributed by atoms with Gasteiger partial charge in [0.1, 0.15) is 23.1 Å². The Morgan fingerprint density at radius 1 is 1.22 bits per heavy atom. The summed E-state index contributed by atoms with van der Waals surface area (Å²) in [5.41, 5.74) is 1.17. The third-order valence-corrected chi connectivity index (χ3v) is 6.85. The van der Waals surface area contributed by atoms with Gasteiger partial charge in [-0.3, -0.25) is 14.8 Å². The van der Waals surface area contributed by atoms with Gasteiger partial charge in [-0.15, -0.1) is 0 Å². The molecule has 0 aliphatic carbocycles. The molecule has 0 radical (unpaired) electrons. The van der Waals surface area contributed by atoms with E-state index >= 15 is 4.39 Å². The van der Waals surface area contributed by atoms with Gasteiger partial charge in [-0.1, -0.05) is 42.4 Å². The Kier molecular flexibility index (Phi) is 6.25. The fourth-order valence-electron chi connectivity index (χ4n) is 4.77. The largest absolute Gasteiger partial charge is 0.357 e. The van der Waals surface area contributed by atoms with Crippen molar-refractivity contribution in [3.63, 3.8) is 0 Å². The summed E-state index contributed by atoms with van der Waals surface area (Å²) in [5.74, 6) is -1.44. The number of hydrogen-bond donors (Lipinski definition) is 0. The third kappa shape index (κ3) is 3.91. The highest BCUT2D eigenvalue weighted by atomic mass is 35.5. The summed E-state index contributed by atoms with van der Waals surface area (Å²) < 4.78 is 30.2. The molecule has 0 bridgehead atoms. The van der Waals surface area contributed by atoms with Crippen molar-refractivity contribution in [1.82, 2.24) is 14.9 Å². The van der Waals surface area contributed by atoms with Gasteiger partial charge >= 0.3 is 0 Å². The minimum Gasteiger partial charge on any atom is -0.357 e. The van der Waals surface area contributed by atoms with Crippen LogP contribution in [-0.4, -0.2) is 53.0 Å². The molecule has 1 aliphatic rings. The fraction of sp³-hybridized carbons (Fsp3) is 0.185. The third-order valence-electron chi connectivity index (χ3n) is 6.48. The van der Waals surface area contributed by atoms with Gasteiger partial charge in [-0.05, 0) is 23.6 Å². The van der Waals surface area contributed by atoms with Crippen LogP contribution < -0.4 is 4.90 Å². The van der Waals surface area contributed by atoms with Crippen LogP contribution in [0.15, 0.2) is 61.4 Å². The molecule has 1 fully saturated rings. The lowest BCUT2D eigenvalue weighted by Gasteiger charge is -2.40. The molecule has 1 unspecified atom stereocenters. The number of fused-ring (bicyclic) bond motifs is 2. The molecule has 1 aliphatic heterocycles. The van der Waals surface area contributed by atoms with Crippen LogP contribution in [0.3, 0.4) is 0 Å². The number of anilines is 1. The van der Waals surface area contributed by atoms with Crippen molar-refractivity contribution in [2.45, 2.75) is 6.04 Å². The number of halogens is 3. The molecule has 0 saturated carbocycles. The van der Waals surface area contributed by atoms with E-state index in [9.17, 15) is 9.18 Å². The van der Waals surface area contributed by atoms with Crippen molar-refractivity contribution >= 4 is 44.9 Å². The number of rotatable bonds is 4. The van der Waals surface area contributed by atoms with E-state index in [0.29, 0.717) is 47.0 Å². The Hall–Kier alpha value is -4.09. The van der Waals surface area contributed by atoms with Gasteiger partial charge in [0.2, 0.25) is 12.5 Å². The van der Waals surface area contributed by atoms with Crippen LogP contribution >= 0.6 is 11.6 Å². The maximum Gasteiger partial charge on any atom is 0.246 e. The summed E-state index contributed by atoms with van der Waals surface area (Å²) in [5, 5.41) is 1.42. The summed E-state index contributed by atoms with van der Waals surface area (Å²) in [6, 6.07) is 9.49. The Morgan fingerprint density at radius 3 is 2.83 bits per heavy atom. The molecule has 4 aromatic rings. The minimum atomic E-state index is -0.649. The molecule has 180 valence electrons. The molecule has 36 heavy (non-hydrogen) atoms. The number of amides is 1. The second kappa shape index (κ2) is 9.51. The predicted molar refractivity (Wildman–Crippen MR) is 137 cm³/mol. The molecule has 9 heteroatoms. The summed E-state index contributed by atoms with van der Waals surface area (Å²) in [4.78, 5) is 28.0. The molecule has 1 saturated heterocycles. The SMILES string of the molecule is [C-]#[N+]CC1CN(C(=O)C=C)CCN1c1ccnc2c(F)c(-c3cccc4ccc(F)c(Cl)c34)ncc12. The average Bonchev–Trinajstić information content (AvgIpc) is 2.90. The zero-order chi connectivity index (χ0) is 25.4. The van der Waals surface area contributed by atoms with Crippen molar-refractivity contribution in [2.24, 2.45) is 0 Å². The zero-order valence-corrected chi connectivity index (χ0v) is 19.8. The van der Waals surface area contributed by atoms with E-state index in [2.05, 4.69) is 21.4 Å². The second-order valence-electron chi connectivity index (χ2n) is 8.45. The Morgan fingerprint density at radius 2 is 2.06 bits per heavy atom. The molecule has 2 aromatic carbocycles. The molecule has 0 N–H and O–H groups in total. The van der Waals surface area contributed by atoms with Crippen molar-refractivity contribution in [2.75, 3.05) is 31.1 Å². The zero-order valence-electron chi connectivity index (χ0n) is 19.1. The highest BCUT2D eigenvalue weighted by molar-refractivity contribution is 6.36. The highest BCUT2D eigenvalue weighted by Crippen LogP contribution is 2.38. The molecule has 0 spiro atoms. The molecule has 1 atom stereocenters. The Bertz CT molecular complexity index is 1570. The molecule has 1 amide bonds. The first kappa shape index (κ1) is 23.6. The standard InChI is InChI=1S/C27H20ClF2N5O/c1-3-22(36)34-11-12-35(17(15-34)13-31-2)21-9-10-32-27-19(21)14-33-26(25(27)30)18-6-4-5-16-7-8-20(29)24(28)23(16)18/h3-10,14,17H,1,11-13,15H2. The summed E-state index contributed by atoms with van der Waals surface area (Å²) in [7, 11) is 0. The van der Waals surface area contributed by atoms with Gasteiger partial charge in [-0.25, -0.2) is 15.4 Å². The second-order valence-corrected chi connectivity index (χ2v) is 8.83. The van der Waals surface area contributed by atoms with Crippen LogP contribution in [0.2, 0.25) is 5.02 Å². The maximum atomic E-state index is 15.9. The van der Waals surface area contributed by atoms with Gasteiger partial charge in [0, 0.05) is 54.1 Å². The number of pyridine rings is 2. The molecule has 5 rings (SSSR count). The topological polar surface area (TPSA) is 53.7 Å². The van der Waals surface area contributed by atoms with E-state index in [1.165, 1.54) is 24.5 Å². The Balaban J connectivity index is 1.62. The predicted octanol–water partition coefficient (Wildman–Crippen LogP) is 5.50. The molecule has 6 nitrogen and oxygen atoms in total. The summed E-state index contributed by atoms with van der Waals surface area (Å²) in [6.07, 6.45) is 4.31. The number of nitrogens with zero attached hydrogens (tertiary/aromatic N) is 5. The average molecular weight is 504 g/mol. The molecular weight excluding hydrogens is 484 g/mol. The number of carbonyl (C=O) groups is 1. The quantitative estimate of drug-likeness (QED) is 0.272. The highest BCUT2D eigenvalue weighted by Gasteiger charge is 2.32. The lowest BCUT2D eigenvalue weighted by Crippen LogP contribution is -2.55. The van der Waals surface area contributed by atoms with E-state index in [-0.39, 0.29) is 34.7 Å². The van der Waals surface area contributed by atoms with Crippen molar-refractivity contribution < 1.29 is 13.6 Å². The summed E-state index contributed by atoms with van der Waals surface area (Å²) in [6.45, 7) is 12.3. The van der Waals surface area contributed by atoms with Crippen LogP contribution in [0.1, 0.15) is 0 Å². The van der Waals surface area contributed by atoms with E-state index in [1.54, 1.807) is 35.2 Å². The molecule has 2 aromatic heterocycles. The van der Waals surface area contributed by atoms with Gasteiger partial charge in [0.15, 0.2) is 5.82 Å². The smallest absolute Gasteiger partial charge is 0.246 e. The molecule has 3 heterocycles. The number of piperazine rings is 1. The maximum absolute atomic E-state index is 15.9. The van der Waals surface area contributed by atoms with Crippen molar-refractivity contribution in [3.05, 3.63) is 89.5 Å². The van der Waals surface area contributed by atoms with Gasteiger partial charge in [0.05, 0.1) is 5.02 Å². The first-order valence-electron chi connectivity index (χ1n) is 11.3. The Labute approximate surface area is 211 Å². The lowest BCUT2D eigenvalue weighted by atomic mass is 10.00. The van der Waals surface area contributed by atoms with Crippen LogP contribution in [0.5, 0.6) is 0 Å². The van der Waals surface area contributed by atoms with Gasteiger partial charge < -0.3 is 14.6 Å². The first-order chi connectivity index (χ1) is 17.4. The first-order valence-corrected chi connectivity index (χ1v) is 11.6. The van der Waals surface area contributed by atoms with Crippen LogP contribution in [0.4, 0.5) is 14.5 Å². The van der Waals surface area contributed by atoms with Gasteiger partial charge in [0.25, 0.3) is 0 Å². The fourth-order valence-corrected chi connectivity index (χ4v) is 5.05. The number of benzene rings is 2. The van der Waals surface area contributed by atoms with Crippen LogP contribution in [-0.2, 0) is 4.79 Å². The van der Waals surface area contributed by atoms with Crippen LogP contribution in [0, 0.1) is 18.2 Å². The van der Waals surface area contributed by atoms with E-state index < -0.39 is 11.6 Å². The number of hydrogen-bond acceptors (Lipinski definition) is 4. The van der Waals surface area contributed by atoms with E-state index in [1.807, 2.05) is 4.90 Å². The number of carbonyl (C=O) groups excluding carboxylic acids is 1. The monoisotopic (exact) mass is 503 g/mol. The molecular formula is C27H20ClF2N5O. The minimum absolute atomic E-state index is 0.0179. The summed E-state index contributed by atoms with van der Waals surface area (Å²) >= 11 is 6.26. The van der Waals surface area contributed by atoms with E-state index in [4.69, 9.17) is 18.2 Å². The normalized spacial score (nSPS) is 15.8. The van der Waals surface area contributed by atoms with Crippen molar-refractivity contribution in [3.8, 4) is 11.3 Å². The van der Waals surface area contributed by atoms with Crippen molar-refractivity contribution in [1.29, 1.82) is 0 Å². The van der Waals surface area contributed by atoms with E-state index in [0.717, 1.165) is 0 Å².